The van der Waals surface area contributed by atoms with Gasteiger partial charge in [0.2, 0.25) is 0 Å². The van der Waals surface area contributed by atoms with Gasteiger partial charge in [0.15, 0.2) is 6.10 Å². The van der Waals surface area contributed by atoms with Crippen molar-refractivity contribution in [3.05, 3.63) is 39.9 Å². The van der Waals surface area contributed by atoms with Crippen molar-refractivity contribution in [3.8, 4) is 0 Å². The van der Waals surface area contributed by atoms with Gasteiger partial charge in [-0.3, -0.25) is 19.5 Å². The van der Waals surface area contributed by atoms with Crippen molar-refractivity contribution in [3.63, 3.8) is 0 Å². The maximum atomic E-state index is 12.4. The number of aryl methyl sites for hydroxylation is 1. The minimum absolute atomic E-state index is 0.123. The number of rotatable bonds is 4. The Morgan fingerprint density at radius 1 is 1.33 bits per heavy atom. The molecule has 0 bridgehead atoms. The minimum atomic E-state index is -1.16. The number of fused-ring (bicyclic) bond motifs is 2. The predicted octanol–water partition coefficient (Wildman–Crippen LogP) is 0.734. The maximum absolute atomic E-state index is 12.4. The first-order valence-electron chi connectivity index (χ1n) is 8.74. The molecule has 9 nitrogen and oxygen atoms in total. The molecule has 3 amide bonds. The number of nitrogens with one attached hydrogen (secondary N) is 2. The Labute approximate surface area is 154 Å². The Bertz CT molecular complexity index is 982. The van der Waals surface area contributed by atoms with Gasteiger partial charge in [-0.05, 0) is 38.5 Å². The van der Waals surface area contributed by atoms with Crippen LogP contribution >= 0.6 is 0 Å². The zero-order valence-electron chi connectivity index (χ0n) is 15.1. The fourth-order valence-corrected chi connectivity index (χ4v) is 2.91. The Morgan fingerprint density at radius 2 is 2.11 bits per heavy atom. The summed E-state index contributed by atoms with van der Waals surface area (Å²) in [5.41, 5.74) is 0.471. The molecule has 2 N–H and O–H groups in total. The molecule has 0 saturated carbocycles. The van der Waals surface area contributed by atoms with Gasteiger partial charge in [0.1, 0.15) is 5.82 Å². The summed E-state index contributed by atoms with van der Waals surface area (Å²) in [5, 5.41) is 4.92. The van der Waals surface area contributed by atoms with Gasteiger partial charge in [-0.2, -0.15) is 0 Å². The molecule has 1 aromatic carbocycles. The van der Waals surface area contributed by atoms with Gasteiger partial charge >= 0.3 is 12.0 Å². The standard InChI is InChI=1S/C18H20N4O5/c1-3-19-18(26)21-15(23)10(2)27-17(25)11-6-7-12-13(9-11)20-14-5-4-8-22(14)16(12)24/h6-7,9-10H,3-5,8H2,1-2H3,(H2,19,21,23,26)/t10-/m0/s1. The molecule has 0 spiro atoms. The van der Waals surface area contributed by atoms with Gasteiger partial charge < -0.3 is 10.1 Å². The highest BCUT2D eigenvalue weighted by atomic mass is 16.5. The number of amides is 3. The second kappa shape index (κ2) is 7.56. The van der Waals surface area contributed by atoms with Gasteiger partial charge in [0, 0.05) is 19.5 Å². The molecule has 0 fully saturated rings. The molecule has 0 unspecified atom stereocenters. The van der Waals surface area contributed by atoms with Crippen LogP contribution in [0.15, 0.2) is 23.0 Å². The topological polar surface area (TPSA) is 119 Å². The summed E-state index contributed by atoms with van der Waals surface area (Å²) < 4.78 is 6.75. The van der Waals surface area contributed by atoms with Crippen LogP contribution in [-0.4, -0.2) is 40.1 Å². The van der Waals surface area contributed by atoms with Crippen LogP contribution in [0.5, 0.6) is 0 Å². The summed E-state index contributed by atoms with van der Waals surface area (Å²) in [5.74, 6) is -0.769. The molecule has 1 atom stereocenters. The third-order valence-corrected chi connectivity index (χ3v) is 4.28. The number of imide groups is 1. The first-order valence-corrected chi connectivity index (χ1v) is 8.74. The summed E-state index contributed by atoms with van der Waals surface area (Å²) >= 11 is 0. The molecule has 2 aromatic rings. The number of carbonyl (C=O) groups is 3. The molecule has 0 radical (unpaired) electrons. The van der Waals surface area contributed by atoms with Crippen LogP contribution in [0.1, 0.15) is 36.5 Å². The van der Waals surface area contributed by atoms with Gasteiger partial charge in [-0.25, -0.2) is 14.6 Å². The second-order valence-corrected chi connectivity index (χ2v) is 6.22. The van der Waals surface area contributed by atoms with E-state index < -0.39 is 24.0 Å². The van der Waals surface area contributed by atoms with E-state index in [2.05, 4.69) is 15.6 Å². The van der Waals surface area contributed by atoms with Crippen LogP contribution in [0.25, 0.3) is 10.9 Å². The van der Waals surface area contributed by atoms with Gasteiger partial charge in [-0.15, -0.1) is 0 Å². The lowest BCUT2D eigenvalue weighted by Crippen LogP contribution is -2.44. The molecule has 142 valence electrons. The summed E-state index contributed by atoms with van der Waals surface area (Å²) in [6.45, 7) is 4.09. The number of aromatic nitrogens is 2. The number of hydrogen-bond acceptors (Lipinski definition) is 6. The van der Waals surface area contributed by atoms with Crippen LogP contribution in [0, 0.1) is 0 Å². The van der Waals surface area contributed by atoms with Crippen LogP contribution in [0.2, 0.25) is 0 Å². The molecule has 0 aliphatic carbocycles. The van der Waals surface area contributed by atoms with E-state index in [0.29, 0.717) is 29.8 Å². The predicted molar refractivity (Wildman–Crippen MR) is 96.4 cm³/mol. The van der Waals surface area contributed by atoms with Crippen LogP contribution < -0.4 is 16.2 Å². The molecule has 2 heterocycles. The van der Waals surface area contributed by atoms with E-state index in [9.17, 15) is 19.2 Å². The number of ether oxygens (including phenoxy) is 1. The van der Waals surface area contributed by atoms with Crippen molar-refractivity contribution in [1.29, 1.82) is 0 Å². The highest BCUT2D eigenvalue weighted by Gasteiger charge is 2.22. The molecular weight excluding hydrogens is 352 g/mol. The summed E-state index contributed by atoms with van der Waals surface area (Å²) in [4.78, 5) is 52.5. The number of carbonyl (C=O) groups excluding carboxylic acids is 3. The molecule has 1 aliphatic heterocycles. The van der Waals surface area contributed by atoms with Crippen molar-refractivity contribution in [2.24, 2.45) is 0 Å². The fourth-order valence-electron chi connectivity index (χ4n) is 2.91. The average molecular weight is 372 g/mol. The van der Waals surface area contributed by atoms with Crippen molar-refractivity contribution >= 4 is 28.8 Å². The fraction of sp³-hybridized carbons (Fsp3) is 0.389. The van der Waals surface area contributed by atoms with Crippen molar-refractivity contribution in [2.75, 3.05) is 6.54 Å². The normalized spacial score (nSPS) is 13.7. The van der Waals surface area contributed by atoms with Crippen molar-refractivity contribution < 1.29 is 19.1 Å². The molecule has 1 aliphatic rings. The summed E-state index contributed by atoms with van der Waals surface area (Å²) in [7, 11) is 0. The molecule has 1 aromatic heterocycles. The Balaban J connectivity index is 1.76. The number of urea groups is 1. The third kappa shape index (κ3) is 3.81. The van der Waals surface area contributed by atoms with Crippen LogP contribution in [0.3, 0.4) is 0 Å². The van der Waals surface area contributed by atoms with Gasteiger partial charge in [0.25, 0.3) is 11.5 Å². The first kappa shape index (κ1) is 18.6. The molecular formula is C18H20N4O5. The number of benzene rings is 1. The Morgan fingerprint density at radius 3 is 2.85 bits per heavy atom. The molecule has 27 heavy (non-hydrogen) atoms. The monoisotopic (exact) mass is 372 g/mol. The minimum Gasteiger partial charge on any atom is -0.449 e. The highest BCUT2D eigenvalue weighted by molar-refractivity contribution is 5.99. The lowest BCUT2D eigenvalue weighted by atomic mass is 10.1. The quantitative estimate of drug-likeness (QED) is 0.764. The van der Waals surface area contributed by atoms with Gasteiger partial charge in [-0.1, -0.05) is 0 Å². The maximum Gasteiger partial charge on any atom is 0.338 e. The van der Waals surface area contributed by atoms with Crippen molar-refractivity contribution in [1.82, 2.24) is 20.2 Å². The Kier molecular flexibility index (Phi) is 5.20. The van der Waals surface area contributed by atoms with E-state index in [1.165, 1.54) is 25.1 Å². The average Bonchev–Trinajstić information content (AvgIpc) is 3.10. The summed E-state index contributed by atoms with van der Waals surface area (Å²) in [6.07, 6.45) is 0.428. The molecule has 0 saturated heterocycles. The van der Waals surface area contributed by atoms with E-state index in [0.717, 1.165) is 12.8 Å². The SMILES string of the molecule is CCNC(=O)NC(=O)[C@H](C)OC(=O)c1ccc2c(=O)n3c(nc2c1)CCC3. The van der Waals surface area contributed by atoms with Crippen LogP contribution in [-0.2, 0) is 22.5 Å². The van der Waals surface area contributed by atoms with E-state index in [-0.39, 0.29) is 11.1 Å². The molecule has 3 rings (SSSR count). The van der Waals surface area contributed by atoms with Crippen LogP contribution in [0.4, 0.5) is 4.79 Å². The highest BCUT2D eigenvalue weighted by Crippen LogP contribution is 2.17. The smallest absolute Gasteiger partial charge is 0.338 e. The summed E-state index contributed by atoms with van der Waals surface area (Å²) in [6, 6.07) is 3.82. The number of nitrogens with zero attached hydrogens (tertiary/aromatic N) is 2. The van der Waals surface area contributed by atoms with Crippen molar-refractivity contribution in [2.45, 2.75) is 39.3 Å². The largest absolute Gasteiger partial charge is 0.449 e. The van der Waals surface area contributed by atoms with E-state index in [4.69, 9.17) is 4.74 Å². The van der Waals surface area contributed by atoms with E-state index in [1.807, 2.05) is 0 Å². The van der Waals surface area contributed by atoms with E-state index >= 15 is 0 Å². The van der Waals surface area contributed by atoms with Gasteiger partial charge in [0.05, 0.1) is 16.5 Å². The second-order valence-electron chi connectivity index (χ2n) is 6.22. The lowest BCUT2D eigenvalue weighted by Gasteiger charge is -2.13. The Hall–Kier alpha value is -3.23. The lowest BCUT2D eigenvalue weighted by molar-refractivity contribution is -0.127. The first-order chi connectivity index (χ1) is 12.9. The van der Waals surface area contributed by atoms with E-state index in [1.54, 1.807) is 11.5 Å². The number of esters is 1. The number of hydrogen-bond donors (Lipinski definition) is 2. The third-order valence-electron chi connectivity index (χ3n) is 4.28. The zero-order chi connectivity index (χ0) is 19.6. The molecule has 9 heteroatoms. The zero-order valence-corrected chi connectivity index (χ0v) is 15.1.